The predicted molar refractivity (Wildman–Crippen MR) is 101 cm³/mol. The van der Waals surface area contributed by atoms with Crippen LogP contribution in [0.5, 0.6) is 0 Å². The second-order valence-electron chi connectivity index (χ2n) is 6.55. The zero-order chi connectivity index (χ0) is 18.4. The van der Waals surface area contributed by atoms with Crippen LogP contribution in [0, 0.1) is 5.92 Å². The summed E-state index contributed by atoms with van der Waals surface area (Å²) in [4.78, 5) is 18.2. The van der Waals surface area contributed by atoms with Crippen molar-refractivity contribution in [3.8, 4) is 0 Å². The lowest BCUT2D eigenvalue weighted by atomic mass is 9.92. The minimum atomic E-state index is -0.496. The number of carbonyl (C=O) groups is 1. The number of unbranched alkanes of at least 4 members (excludes halogenated alkanes) is 5. The summed E-state index contributed by atoms with van der Waals surface area (Å²) in [6.07, 6.45) is 6.95. The van der Waals surface area contributed by atoms with Gasteiger partial charge >= 0.3 is 5.97 Å². The van der Waals surface area contributed by atoms with E-state index in [0.717, 1.165) is 17.7 Å². The van der Waals surface area contributed by atoms with Crippen molar-refractivity contribution in [2.75, 3.05) is 6.61 Å². The molecule has 0 fully saturated rings. The van der Waals surface area contributed by atoms with Gasteiger partial charge < -0.3 is 4.74 Å². The average Bonchev–Trinajstić information content (AvgIpc) is 3.31. The van der Waals surface area contributed by atoms with Crippen molar-refractivity contribution in [2.24, 2.45) is 10.9 Å². The largest absolute Gasteiger partial charge is 0.465 e. The number of esters is 1. The first-order valence-electron chi connectivity index (χ1n) is 9.25. The molecule has 0 spiro atoms. The fourth-order valence-corrected chi connectivity index (χ4v) is 4.07. The van der Waals surface area contributed by atoms with Gasteiger partial charge in [0.15, 0.2) is 0 Å². The first kappa shape index (κ1) is 18.7. The SMILES string of the molecule is CCCCCCCCOC(=O)C1C(C)=Nc2nnnn2C1c1cccs1. The van der Waals surface area contributed by atoms with Crippen LogP contribution in [-0.4, -0.2) is 38.5 Å². The Morgan fingerprint density at radius 1 is 1.27 bits per heavy atom. The van der Waals surface area contributed by atoms with E-state index in [1.54, 1.807) is 16.0 Å². The second kappa shape index (κ2) is 9.02. The summed E-state index contributed by atoms with van der Waals surface area (Å²) >= 11 is 1.58. The summed E-state index contributed by atoms with van der Waals surface area (Å²) in [6.45, 7) is 4.50. The highest BCUT2D eigenvalue weighted by molar-refractivity contribution is 7.10. The lowest BCUT2D eigenvalue weighted by molar-refractivity contribution is -0.147. The first-order valence-corrected chi connectivity index (χ1v) is 10.1. The first-order chi connectivity index (χ1) is 12.7. The van der Waals surface area contributed by atoms with Gasteiger partial charge in [-0.25, -0.2) is 9.67 Å². The van der Waals surface area contributed by atoms with Gasteiger partial charge in [-0.1, -0.05) is 50.2 Å². The van der Waals surface area contributed by atoms with Crippen LogP contribution in [0.1, 0.15) is 63.3 Å². The number of carbonyl (C=O) groups excluding carboxylic acids is 1. The van der Waals surface area contributed by atoms with Crippen LogP contribution >= 0.6 is 11.3 Å². The van der Waals surface area contributed by atoms with E-state index >= 15 is 0 Å². The lowest BCUT2D eigenvalue weighted by Gasteiger charge is -2.28. The summed E-state index contributed by atoms with van der Waals surface area (Å²) in [5.74, 6) is -0.315. The molecule has 3 heterocycles. The number of aromatic nitrogens is 4. The highest BCUT2D eigenvalue weighted by Gasteiger charge is 2.40. The highest BCUT2D eigenvalue weighted by Crippen LogP contribution is 2.37. The molecule has 8 heteroatoms. The smallest absolute Gasteiger partial charge is 0.317 e. The van der Waals surface area contributed by atoms with Gasteiger partial charge in [0, 0.05) is 10.6 Å². The Hall–Kier alpha value is -2.09. The van der Waals surface area contributed by atoms with Crippen molar-refractivity contribution in [2.45, 2.75) is 58.4 Å². The van der Waals surface area contributed by atoms with Crippen molar-refractivity contribution >= 4 is 29.0 Å². The van der Waals surface area contributed by atoms with Crippen LogP contribution in [0.15, 0.2) is 22.5 Å². The normalized spacial score (nSPS) is 19.1. The highest BCUT2D eigenvalue weighted by atomic mass is 32.1. The number of fused-ring (bicyclic) bond motifs is 1. The summed E-state index contributed by atoms with van der Waals surface area (Å²) in [7, 11) is 0. The lowest BCUT2D eigenvalue weighted by Crippen LogP contribution is -2.36. The number of hydrogen-bond donors (Lipinski definition) is 0. The molecule has 2 atom stereocenters. The molecular formula is C18H25N5O2S. The van der Waals surface area contributed by atoms with Crippen molar-refractivity contribution in [1.29, 1.82) is 0 Å². The number of tetrazole rings is 1. The molecule has 2 aromatic rings. The Morgan fingerprint density at radius 2 is 2.08 bits per heavy atom. The van der Waals surface area contributed by atoms with E-state index in [2.05, 4.69) is 27.4 Å². The van der Waals surface area contributed by atoms with E-state index in [-0.39, 0.29) is 12.0 Å². The number of hydrogen-bond acceptors (Lipinski definition) is 7. The molecule has 0 radical (unpaired) electrons. The monoisotopic (exact) mass is 375 g/mol. The van der Waals surface area contributed by atoms with E-state index < -0.39 is 5.92 Å². The van der Waals surface area contributed by atoms with Crippen LogP contribution in [0.2, 0.25) is 0 Å². The Kier molecular flexibility index (Phi) is 6.49. The molecule has 1 aliphatic heterocycles. The number of rotatable bonds is 9. The number of ether oxygens (including phenoxy) is 1. The third kappa shape index (κ3) is 4.17. The van der Waals surface area contributed by atoms with Gasteiger partial charge in [-0.2, -0.15) is 0 Å². The molecule has 7 nitrogen and oxygen atoms in total. The molecule has 0 saturated heterocycles. The minimum Gasteiger partial charge on any atom is -0.465 e. The van der Waals surface area contributed by atoms with E-state index in [1.165, 1.54) is 25.7 Å². The maximum Gasteiger partial charge on any atom is 0.317 e. The van der Waals surface area contributed by atoms with Crippen LogP contribution in [0.4, 0.5) is 5.95 Å². The summed E-state index contributed by atoms with van der Waals surface area (Å²) in [5.41, 5.74) is 0.693. The summed E-state index contributed by atoms with van der Waals surface area (Å²) in [6, 6.07) is 3.66. The van der Waals surface area contributed by atoms with Crippen LogP contribution < -0.4 is 0 Å². The summed E-state index contributed by atoms with van der Waals surface area (Å²) < 4.78 is 7.20. The van der Waals surface area contributed by atoms with E-state index in [9.17, 15) is 4.79 Å². The second-order valence-corrected chi connectivity index (χ2v) is 7.53. The molecule has 1 aliphatic rings. The predicted octanol–water partition coefficient (Wildman–Crippen LogP) is 3.95. The Morgan fingerprint density at radius 3 is 2.85 bits per heavy atom. The molecule has 0 amide bonds. The summed E-state index contributed by atoms with van der Waals surface area (Å²) in [5, 5.41) is 13.7. The van der Waals surface area contributed by atoms with Gasteiger partial charge in [0.05, 0.1) is 6.61 Å². The van der Waals surface area contributed by atoms with Crippen molar-refractivity contribution in [3.05, 3.63) is 22.4 Å². The van der Waals surface area contributed by atoms with Crippen LogP contribution in [0.3, 0.4) is 0 Å². The molecule has 26 heavy (non-hydrogen) atoms. The maximum atomic E-state index is 12.8. The van der Waals surface area contributed by atoms with Gasteiger partial charge in [-0.15, -0.1) is 11.3 Å². The van der Waals surface area contributed by atoms with Gasteiger partial charge in [-0.3, -0.25) is 4.79 Å². The fourth-order valence-electron chi connectivity index (χ4n) is 3.23. The van der Waals surface area contributed by atoms with Crippen molar-refractivity contribution < 1.29 is 9.53 Å². The number of thiophene rings is 1. The fraction of sp³-hybridized carbons (Fsp3) is 0.611. The topological polar surface area (TPSA) is 82.3 Å². The van der Waals surface area contributed by atoms with E-state index in [0.29, 0.717) is 18.3 Å². The van der Waals surface area contributed by atoms with Crippen molar-refractivity contribution in [3.63, 3.8) is 0 Å². The zero-order valence-electron chi connectivity index (χ0n) is 15.3. The third-order valence-electron chi connectivity index (χ3n) is 4.61. The Bertz CT molecular complexity index is 741. The van der Waals surface area contributed by atoms with Gasteiger partial charge in [0.1, 0.15) is 12.0 Å². The molecule has 2 aromatic heterocycles. The standard InChI is InChI=1S/C18H25N5O2S/c1-3-4-5-6-7-8-11-25-17(24)15-13(2)19-18-20-21-22-23(18)16(15)14-10-9-12-26-14/h9-10,12,15-16H,3-8,11H2,1-2H3. The van der Waals surface area contributed by atoms with E-state index in [4.69, 9.17) is 4.74 Å². The maximum absolute atomic E-state index is 12.8. The number of nitrogens with zero attached hydrogens (tertiary/aromatic N) is 5. The molecule has 0 aliphatic carbocycles. The molecule has 140 valence electrons. The Balaban J connectivity index is 1.64. The molecule has 3 rings (SSSR count). The minimum absolute atomic E-state index is 0.251. The third-order valence-corrected chi connectivity index (χ3v) is 5.55. The quantitative estimate of drug-likeness (QED) is 0.489. The molecule has 0 aromatic carbocycles. The molecule has 0 saturated carbocycles. The average molecular weight is 375 g/mol. The molecule has 0 N–H and O–H groups in total. The molecule has 2 unspecified atom stereocenters. The van der Waals surface area contributed by atoms with Gasteiger partial charge in [-0.05, 0) is 35.2 Å². The van der Waals surface area contributed by atoms with E-state index in [1.807, 2.05) is 24.4 Å². The number of aliphatic imine (C=N–C) groups is 1. The van der Waals surface area contributed by atoms with Gasteiger partial charge in [0.2, 0.25) is 0 Å². The van der Waals surface area contributed by atoms with Crippen molar-refractivity contribution in [1.82, 2.24) is 20.2 Å². The van der Waals surface area contributed by atoms with Gasteiger partial charge in [0.25, 0.3) is 5.95 Å². The molecular weight excluding hydrogens is 350 g/mol. The zero-order valence-corrected chi connectivity index (χ0v) is 16.1. The van der Waals surface area contributed by atoms with Crippen LogP contribution in [-0.2, 0) is 9.53 Å². The van der Waals surface area contributed by atoms with Crippen LogP contribution in [0.25, 0.3) is 0 Å². The molecule has 0 bridgehead atoms. The Labute approximate surface area is 157 Å².